The standard InChI is InChI=1S/C42H68O14/c1-37(2)13-15-42(36(52)56-35-33(51)31(49)29(47)24(55-35)19-53-34-32(50)30(48)28(46)23(18-43)54-34)16-14-40(5)21(22(42)17-37)7-8-26-38(3)11-10-27(45)39(4,20-44)25(38)9-12-41(26,40)6/h7,22-35,43-51H,8-20H2,1-6H3/t22-,23+,24+,25+,26+,27-,28+,29+,30-,31-,32+,33+,34+,35-,38-,39-,40+,41+,42-/m0/s1. The molecule has 2 aliphatic heterocycles. The van der Waals surface area contributed by atoms with Gasteiger partial charge in [-0.25, -0.2) is 0 Å². The Kier molecular flexibility index (Phi) is 11.3. The fourth-order valence-corrected chi connectivity index (χ4v) is 13.4. The number of hydrogen-bond donors (Lipinski definition) is 9. The second-order valence-electron chi connectivity index (χ2n) is 20.5. The molecule has 4 saturated carbocycles. The molecule has 0 unspecified atom stereocenters. The van der Waals surface area contributed by atoms with Crippen molar-refractivity contribution in [3.8, 4) is 0 Å². The minimum Gasteiger partial charge on any atom is -0.432 e. The first-order valence-electron chi connectivity index (χ1n) is 21.0. The maximum absolute atomic E-state index is 14.8. The molecule has 320 valence electrons. The van der Waals surface area contributed by atoms with E-state index in [9.17, 15) is 50.8 Å². The normalized spacial score (nSPS) is 54.1. The van der Waals surface area contributed by atoms with Crippen LogP contribution >= 0.6 is 0 Å². The summed E-state index contributed by atoms with van der Waals surface area (Å²) in [6.07, 6.45) is -6.38. The highest BCUT2D eigenvalue weighted by Gasteiger charge is 2.70. The lowest BCUT2D eigenvalue weighted by atomic mass is 9.33. The van der Waals surface area contributed by atoms with Crippen molar-refractivity contribution in [1.82, 2.24) is 0 Å². The third-order valence-corrected chi connectivity index (χ3v) is 17.3. The molecule has 14 nitrogen and oxygen atoms in total. The molecule has 0 aromatic heterocycles. The Labute approximate surface area is 330 Å². The Bertz CT molecular complexity index is 1500. The van der Waals surface area contributed by atoms with E-state index in [0.717, 1.165) is 44.9 Å². The van der Waals surface area contributed by atoms with Gasteiger partial charge in [0, 0.05) is 5.41 Å². The highest BCUT2D eigenvalue weighted by Crippen LogP contribution is 2.76. The molecule has 9 N–H and O–H groups in total. The van der Waals surface area contributed by atoms with Gasteiger partial charge in [-0.15, -0.1) is 0 Å². The molecule has 0 radical (unpaired) electrons. The van der Waals surface area contributed by atoms with Gasteiger partial charge >= 0.3 is 5.97 Å². The van der Waals surface area contributed by atoms with Crippen LogP contribution in [0.1, 0.15) is 106 Å². The summed E-state index contributed by atoms with van der Waals surface area (Å²) in [6.45, 7) is 12.5. The number of hydrogen-bond acceptors (Lipinski definition) is 14. The molecular weight excluding hydrogens is 728 g/mol. The summed E-state index contributed by atoms with van der Waals surface area (Å²) >= 11 is 0. The Morgan fingerprint density at radius 1 is 0.732 bits per heavy atom. The third kappa shape index (κ3) is 6.29. The molecule has 0 amide bonds. The maximum atomic E-state index is 14.8. The zero-order chi connectivity index (χ0) is 41.0. The molecule has 2 heterocycles. The lowest BCUT2D eigenvalue weighted by molar-refractivity contribution is -0.328. The van der Waals surface area contributed by atoms with Crippen molar-refractivity contribution in [3.05, 3.63) is 11.6 Å². The molecule has 6 fully saturated rings. The largest absolute Gasteiger partial charge is 0.432 e. The number of fused-ring (bicyclic) bond motifs is 7. The monoisotopic (exact) mass is 796 g/mol. The first kappa shape index (κ1) is 42.8. The Hall–Kier alpha value is -1.27. The van der Waals surface area contributed by atoms with Gasteiger partial charge in [0.05, 0.1) is 31.3 Å². The van der Waals surface area contributed by atoms with E-state index < -0.39 is 97.5 Å². The van der Waals surface area contributed by atoms with Crippen molar-refractivity contribution in [2.75, 3.05) is 19.8 Å². The van der Waals surface area contributed by atoms with Gasteiger partial charge in [0.25, 0.3) is 0 Å². The number of carbonyl (C=O) groups excluding carboxylic acids is 1. The van der Waals surface area contributed by atoms with E-state index in [4.69, 9.17) is 18.9 Å². The highest BCUT2D eigenvalue weighted by atomic mass is 16.7. The summed E-state index contributed by atoms with van der Waals surface area (Å²) < 4.78 is 23.0. The van der Waals surface area contributed by atoms with Crippen molar-refractivity contribution in [2.24, 2.45) is 50.2 Å². The number of esters is 1. The summed E-state index contributed by atoms with van der Waals surface area (Å²) in [5, 5.41) is 94.8. The summed E-state index contributed by atoms with van der Waals surface area (Å²) in [7, 11) is 0. The van der Waals surface area contributed by atoms with Gasteiger partial charge in [0.15, 0.2) is 6.29 Å². The van der Waals surface area contributed by atoms with Gasteiger partial charge in [-0.2, -0.15) is 0 Å². The zero-order valence-electron chi connectivity index (χ0n) is 33.9. The van der Waals surface area contributed by atoms with Crippen molar-refractivity contribution >= 4 is 5.97 Å². The maximum Gasteiger partial charge on any atom is 0.315 e. The fourth-order valence-electron chi connectivity index (χ4n) is 13.4. The van der Waals surface area contributed by atoms with Crippen LogP contribution in [0.3, 0.4) is 0 Å². The molecule has 7 aliphatic rings. The molecule has 19 atom stereocenters. The molecule has 0 bridgehead atoms. The van der Waals surface area contributed by atoms with E-state index in [-0.39, 0.29) is 40.1 Å². The van der Waals surface area contributed by atoms with Crippen LogP contribution in [0.4, 0.5) is 0 Å². The summed E-state index contributed by atoms with van der Waals surface area (Å²) in [6, 6.07) is 0. The molecule has 0 aromatic carbocycles. The predicted octanol–water partition coefficient (Wildman–Crippen LogP) is 1.29. The van der Waals surface area contributed by atoms with Crippen LogP contribution in [-0.2, 0) is 23.7 Å². The van der Waals surface area contributed by atoms with E-state index in [1.807, 2.05) is 0 Å². The Morgan fingerprint density at radius 3 is 2.02 bits per heavy atom. The number of ether oxygens (including phenoxy) is 4. The van der Waals surface area contributed by atoms with E-state index in [0.29, 0.717) is 25.2 Å². The third-order valence-electron chi connectivity index (χ3n) is 17.3. The summed E-state index contributed by atoms with van der Waals surface area (Å²) in [5.74, 6) is -0.144. The second kappa shape index (κ2) is 14.7. The molecule has 5 aliphatic carbocycles. The van der Waals surface area contributed by atoms with Crippen LogP contribution in [-0.4, -0.2) is 139 Å². The quantitative estimate of drug-likeness (QED) is 0.131. The highest BCUT2D eigenvalue weighted by molar-refractivity contribution is 5.79. The van der Waals surface area contributed by atoms with Crippen molar-refractivity contribution in [2.45, 2.75) is 173 Å². The molecule has 7 rings (SSSR count). The van der Waals surface area contributed by atoms with E-state index in [1.54, 1.807) is 0 Å². The Morgan fingerprint density at radius 2 is 1.36 bits per heavy atom. The number of rotatable bonds is 7. The molecule has 0 aromatic rings. The second-order valence-corrected chi connectivity index (χ2v) is 20.5. The van der Waals surface area contributed by atoms with Gasteiger partial charge in [0.1, 0.15) is 48.8 Å². The molecule has 56 heavy (non-hydrogen) atoms. The van der Waals surface area contributed by atoms with Crippen LogP contribution in [0.2, 0.25) is 0 Å². The summed E-state index contributed by atoms with van der Waals surface area (Å²) in [4.78, 5) is 14.8. The average molecular weight is 797 g/mol. The van der Waals surface area contributed by atoms with Gasteiger partial charge in [-0.3, -0.25) is 4.79 Å². The fraction of sp³-hybridized carbons (Fsp3) is 0.929. The lowest BCUT2D eigenvalue weighted by Crippen LogP contribution is -2.66. The van der Waals surface area contributed by atoms with Gasteiger partial charge in [-0.05, 0) is 104 Å². The first-order chi connectivity index (χ1) is 26.1. The average Bonchev–Trinajstić information content (AvgIpc) is 3.15. The van der Waals surface area contributed by atoms with E-state index in [1.165, 1.54) is 5.57 Å². The number of allylic oxidation sites excluding steroid dienone is 2. The SMILES string of the molecule is CC1(C)CC[C@]2(C(=O)O[C@@H]3O[C@H](CO[C@@H]4O[C@H](CO)[C@@H](O)[C@H](O)[C@H]4O)[C@@H](O)[C@H](O)[C@H]3O)CC[C@]3(C)C(=CC[C@@H]4[C@@]5(C)CC[C@H](O)[C@@](C)(CO)[C@@H]5CC[C@]43C)[C@@H]2C1. The smallest absolute Gasteiger partial charge is 0.315 e. The van der Waals surface area contributed by atoms with Crippen LogP contribution in [0.15, 0.2) is 11.6 Å². The number of aliphatic hydroxyl groups excluding tert-OH is 9. The lowest BCUT2D eigenvalue weighted by Gasteiger charge is -2.71. The van der Waals surface area contributed by atoms with Gasteiger partial charge in [-0.1, -0.05) is 53.2 Å². The van der Waals surface area contributed by atoms with Crippen molar-refractivity contribution < 1.29 is 69.7 Å². The van der Waals surface area contributed by atoms with Crippen LogP contribution < -0.4 is 0 Å². The molecule has 0 spiro atoms. The van der Waals surface area contributed by atoms with Crippen LogP contribution in [0, 0.1) is 50.2 Å². The van der Waals surface area contributed by atoms with Crippen molar-refractivity contribution in [3.63, 3.8) is 0 Å². The molecular formula is C42H68O14. The number of aliphatic hydroxyl groups is 9. The van der Waals surface area contributed by atoms with Crippen LogP contribution in [0.5, 0.6) is 0 Å². The summed E-state index contributed by atoms with van der Waals surface area (Å²) in [5.41, 5.74) is -0.606. The molecule has 2 saturated heterocycles. The van der Waals surface area contributed by atoms with E-state index in [2.05, 4.69) is 47.6 Å². The van der Waals surface area contributed by atoms with Crippen LogP contribution in [0.25, 0.3) is 0 Å². The van der Waals surface area contributed by atoms with Gasteiger partial charge < -0.3 is 64.9 Å². The van der Waals surface area contributed by atoms with E-state index >= 15 is 0 Å². The first-order valence-corrected chi connectivity index (χ1v) is 21.0. The minimum atomic E-state index is -1.78. The molecule has 14 heteroatoms. The van der Waals surface area contributed by atoms with Crippen molar-refractivity contribution in [1.29, 1.82) is 0 Å². The number of carbonyl (C=O) groups is 1. The van der Waals surface area contributed by atoms with Gasteiger partial charge in [0.2, 0.25) is 6.29 Å². The minimum absolute atomic E-state index is 0.0422. The topological polar surface area (TPSA) is 236 Å². The zero-order valence-corrected chi connectivity index (χ0v) is 33.9. The predicted molar refractivity (Wildman–Crippen MR) is 199 cm³/mol. The Balaban J connectivity index is 1.13.